The minimum atomic E-state index is -3.39. The normalized spacial score (nSPS) is 13.2. The summed E-state index contributed by atoms with van der Waals surface area (Å²) in [6.07, 6.45) is 2.18. The van der Waals surface area contributed by atoms with Gasteiger partial charge in [0.25, 0.3) is 0 Å². The van der Waals surface area contributed by atoms with E-state index in [4.69, 9.17) is 15.4 Å². The molecule has 0 fully saturated rings. The van der Waals surface area contributed by atoms with E-state index in [1.54, 1.807) is 0 Å². The summed E-state index contributed by atoms with van der Waals surface area (Å²) < 4.78 is 27.5. The Labute approximate surface area is 125 Å². The third kappa shape index (κ3) is 6.57. The van der Waals surface area contributed by atoms with Crippen LogP contribution in [0.2, 0.25) is 0 Å². The molecule has 0 aliphatic carbocycles. The second-order valence-electron chi connectivity index (χ2n) is 5.02. The summed E-state index contributed by atoms with van der Waals surface area (Å²) in [6.45, 7) is 6.56. The zero-order valence-electron chi connectivity index (χ0n) is 12.2. The molecular formula is C14H22ClNO3S. The molecular weight excluding hydrogens is 298 g/mol. The Balaban J connectivity index is 2.41. The molecule has 1 unspecified atom stereocenters. The molecule has 0 radical (unpaired) electrons. The Morgan fingerprint density at radius 2 is 2.05 bits per heavy atom. The van der Waals surface area contributed by atoms with Crippen molar-refractivity contribution in [3.63, 3.8) is 0 Å². The minimum Gasteiger partial charge on any atom is -0.492 e. The summed E-state index contributed by atoms with van der Waals surface area (Å²) in [5.74, 6) is 1.09. The maximum atomic E-state index is 10.9. The number of halogens is 1. The van der Waals surface area contributed by atoms with Crippen LogP contribution >= 0.6 is 10.7 Å². The van der Waals surface area contributed by atoms with Crippen LogP contribution in [0, 0.1) is 12.8 Å². The second-order valence-corrected chi connectivity index (χ2v) is 7.92. The molecule has 20 heavy (non-hydrogen) atoms. The first kappa shape index (κ1) is 17.2. The van der Waals surface area contributed by atoms with Crippen molar-refractivity contribution in [2.75, 3.05) is 12.4 Å². The third-order valence-corrected chi connectivity index (χ3v) is 4.32. The number of aromatic nitrogens is 1. The fraction of sp³-hybridized carbons (Fsp3) is 0.643. The van der Waals surface area contributed by atoms with Crippen LogP contribution in [0.25, 0.3) is 0 Å². The van der Waals surface area contributed by atoms with Gasteiger partial charge in [0.1, 0.15) is 5.75 Å². The summed E-state index contributed by atoms with van der Waals surface area (Å²) in [5.41, 5.74) is 1.94. The molecule has 0 amide bonds. The van der Waals surface area contributed by atoms with E-state index < -0.39 is 9.05 Å². The number of ether oxygens (including phenoxy) is 1. The van der Waals surface area contributed by atoms with Gasteiger partial charge in [-0.1, -0.05) is 13.8 Å². The molecule has 0 aliphatic rings. The number of rotatable bonds is 8. The first-order valence-corrected chi connectivity index (χ1v) is 9.31. The van der Waals surface area contributed by atoms with Crippen LogP contribution in [-0.4, -0.2) is 25.8 Å². The van der Waals surface area contributed by atoms with Crippen molar-refractivity contribution in [1.29, 1.82) is 0 Å². The van der Waals surface area contributed by atoms with Gasteiger partial charge in [0.15, 0.2) is 0 Å². The van der Waals surface area contributed by atoms with Crippen LogP contribution in [0.15, 0.2) is 12.1 Å². The minimum absolute atomic E-state index is 0.0159. The molecule has 0 saturated carbocycles. The largest absolute Gasteiger partial charge is 0.492 e. The Bertz CT molecular complexity index is 531. The molecule has 0 aromatic carbocycles. The molecule has 0 bridgehead atoms. The molecule has 1 heterocycles. The van der Waals surface area contributed by atoms with Gasteiger partial charge in [-0.3, -0.25) is 4.98 Å². The van der Waals surface area contributed by atoms with Gasteiger partial charge >= 0.3 is 0 Å². The lowest BCUT2D eigenvalue weighted by Crippen LogP contribution is -2.09. The smallest absolute Gasteiger partial charge is 0.232 e. The van der Waals surface area contributed by atoms with E-state index in [2.05, 4.69) is 4.98 Å². The Kier molecular flexibility index (Phi) is 6.76. The average Bonchev–Trinajstić information content (AvgIpc) is 2.37. The second kappa shape index (κ2) is 7.84. The topological polar surface area (TPSA) is 56.3 Å². The van der Waals surface area contributed by atoms with Crippen molar-refractivity contribution in [3.8, 4) is 5.75 Å². The highest BCUT2D eigenvalue weighted by Crippen LogP contribution is 2.19. The highest BCUT2D eigenvalue weighted by molar-refractivity contribution is 8.13. The van der Waals surface area contributed by atoms with Crippen molar-refractivity contribution in [1.82, 2.24) is 4.98 Å². The predicted molar refractivity (Wildman–Crippen MR) is 81.9 cm³/mol. The standard InChI is InChI=1S/C14H22ClNO3S/c1-4-13-14(6-5-12(3)16-13)19-9-7-11(2)8-10-20(15,17)18/h5-6,11H,4,7-10H2,1-3H3. The maximum Gasteiger partial charge on any atom is 0.232 e. The van der Waals surface area contributed by atoms with Crippen molar-refractivity contribution in [2.24, 2.45) is 5.92 Å². The van der Waals surface area contributed by atoms with Gasteiger partial charge in [-0.05, 0) is 44.2 Å². The van der Waals surface area contributed by atoms with E-state index in [1.165, 1.54) is 0 Å². The first-order valence-electron chi connectivity index (χ1n) is 6.83. The zero-order valence-corrected chi connectivity index (χ0v) is 13.8. The molecule has 0 spiro atoms. The molecule has 4 nitrogen and oxygen atoms in total. The molecule has 0 N–H and O–H groups in total. The Hall–Kier alpha value is -0.810. The van der Waals surface area contributed by atoms with E-state index in [-0.39, 0.29) is 11.7 Å². The van der Waals surface area contributed by atoms with Crippen molar-refractivity contribution in [2.45, 2.75) is 40.0 Å². The summed E-state index contributed by atoms with van der Waals surface area (Å²) >= 11 is 0. The molecule has 1 aromatic heterocycles. The van der Waals surface area contributed by atoms with Crippen LogP contribution in [0.4, 0.5) is 0 Å². The summed E-state index contributed by atoms with van der Waals surface area (Å²) in [7, 11) is 1.80. The predicted octanol–water partition coefficient (Wildman–Crippen LogP) is 3.32. The zero-order chi connectivity index (χ0) is 15.2. The number of hydrogen-bond acceptors (Lipinski definition) is 4. The summed E-state index contributed by atoms with van der Waals surface area (Å²) in [4.78, 5) is 4.44. The highest BCUT2D eigenvalue weighted by Gasteiger charge is 2.10. The quantitative estimate of drug-likeness (QED) is 0.690. The van der Waals surface area contributed by atoms with Gasteiger partial charge in [-0.2, -0.15) is 0 Å². The third-order valence-electron chi connectivity index (χ3n) is 3.13. The van der Waals surface area contributed by atoms with E-state index in [1.807, 2.05) is 32.9 Å². The monoisotopic (exact) mass is 319 g/mol. The van der Waals surface area contributed by atoms with Gasteiger partial charge in [0.05, 0.1) is 18.1 Å². The number of pyridine rings is 1. The van der Waals surface area contributed by atoms with Gasteiger partial charge < -0.3 is 4.74 Å². The SMILES string of the molecule is CCc1nc(C)ccc1OCCC(C)CCS(=O)(=O)Cl. The number of hydrogen-bond donors (Lipinski definition) is 0. The lowest BCUT2D eigenvalue weighted by Gasteiger charge is -2.13. The lowest BCUT2D eigenvalue weighted by atomic mass is 10.1. The fourth-order valence-corrected chi connectivity index (χ4v) is 2.79. The molecule has 0 aliphatic heterocycles. The first-order chi connectivity index (χ1) is 9.31. The molecule has 114 valence electrons. The Morgan fingerprint density at radius 1 is 1.35 bits per heavy atom. The van der Waals surface area contributed by atoms with Crippen molar-refractivity contribution < 1.29 is 13.2 Å². The molecule has 6 heteroatoms. The van der Waals surface area contributed by atoms with Gasteiger partial charge in [0, 0.05) is 16.4 Å². The van der Waals surface area contributed by atoms with Crippen LogP contribution in [-0.2, 0) is 15.5 Å². The van der Waals surface area contributed by atoms with Gasteiger partial charge in [0.2, 0.25) is 9.05 Å². The maximum absolute atomic E-state index is 10.9. The average molecular weight is 320 g/mol. The highest BCUT2D eigenvalue weighted by atomic mass is 35.7. The van der Waals surface area contributed by atoms with Crippen LogP contribution in [0.1, 0.15) is 38.1 Å². The van der Waals surface area contributed by atoms with Crippen LogP contribution < -0.4 is 4.74 Å². The van der Waals surface area contributed by atoms with Gasteiger partial charge in [-0.15, -0.1) is 0 Å². The van der Waals surface area contributed by atoms with E-state index in [0.717, 1.165) is 30.0 Å². The molecule has 1 aromatic rings. The van der Waals surface area contributed by atoms with E-state index in [9.17, 15) is 8.42 Å². The van der Waals surface area contributed by atoms with Gasteiger partial charge in [-0.25, -0.2) is 8.42 Å². The summed E-state index contributed by atoms with van der Waals surface area (Å²) in [6, 6.07) is 3.87. The van der Waals surface area contributed by atoms with Crippen molar-refractivity contribution in [3.05, 3.63) is 23.5 Å². The Morgan fingerprint density at radius 3 is 2.65 bits per heavy atom. The molecule has 1 rings (SSSR count). The molecule has 1 atom stereocenters. The number of nitrogens with zero attached hydrogens (tertiary/aromatic N) is 1. The van der Waals surface area contributed by atoms with Crippen LogP contribution in [0.3, 0.4) is 0 Å². The van der Waals surface area contributed by atoms with Crippen LogP contribution in [0.5, 0.6) is 5.75 Å². The summed E-state index contributed by atoms with van der Waals surface area (Å²) in [5, 5.41) is 0. The van der Waals surface area contributed by atoms with E-state index >= 15 is 0 Å². The lowest BCUT2D eigenvalue weighted by molar-refractivity contribution is 0.278. The van der Waals surface area contributed by atoms with E-state index in [0.29, 0.717) is 13.0 Å². The van der Waals surface area contributed by atoms with Crippen molar-refractivity contribution >= 4 is 19.7 Å². The molecule has 0 saturated heterocycles. The number of aryl methyl sites for hydroxylation is 2. The fourth-order valence-electron chi connectivity index (χ4n) is 1.84.